The fourth-order valence-electron chi connectivity index (χ4n) is 2.29. The van der Waals surface area contributed by atoms with Crippen LogP contribution < -0.4 is 5.32 Å². The highest BCUT2D eigenvalue weighted by molar-refractivity contribution is 7.21. The van der Waals surface area contributed by atoms with Gasteiger partial charge in [0.1, 0.15) is 10.7 Å². The molecule has 3 rings (SSSR count). The number of halogens is 5. The van der Waals surface area contributed by atoms with Crippen molar-refractivity contribution in [2.45, 2.75) is 13.0 Å². The first-order valence-corrected chi connectivity index (χ1v) is 8.91. The fourth-order valence-corrected chi connectivity index (χ4v) is 3.71. The Hall–Kier alpha value is -2.65. The Kier molecular flexibility index (Phi) is 5.57. The van der Waals surface area contributed by atoms with E-state index in [0.717, 1.165) is 17.4 Å². The van der Waals surface area contributed by atoms with E-state index in [2.05, 4.69) is 0 Å². The van der Waals surface area contributed by atoms with Crippen molar-refractivity contribution in [3.63, 3.8) is 0 Å². The van der Waals surface area contributed by atoms with E-state index in [4.69, 9.17) is 16.3 Å². The lowest BCUT2D eigenvalue weighted by molar-refractivity contribution is -0.123. The van der Waals surface area contributed by atoms with Gasteiger partial charge in [0, 0.05) is 10.1 Å². The second kappa shape index (κ2) is 7.76. The summed E-state index contributed by atoms with van der Waals surface area (Å²) in [4.78, 5) is 24.3. The molecule has 0 bridgehead atoms. The molecule has 0 fully saturated rings. The highest BCUT2D eigenvalue weighted by atomic mass is 35.5. The van der Waals surface area contributed by atoms with Crippen LogP contribution in [0.2, 0.25) is 5.02 Å². The van der Waals surface area contributed by atoms with E-state index in [1.807, 2.05) is 5.32 Å². The number of ether oxygens (including phenoxy) is 1. The van der Waals surface area contributed by atoms with Crippen molar-refractivity contribution in [3.8, 4) is 0 Å². The number of carbonyl (C=O) groups excluding carboxylic acids is 2. The van der Waals surface area contributed by atoms with E-state index < -0.39 is 46.9 Å². The Morgan fingerprint density at radius 1 is 1.11 bits per heavy atom. The van der Waals surface area contributed by atoms with E-state index in [-0.39, 0.29) is 9.90 Å². The van der Waals surface area contributed by atoms with Gasteiger partial charge in [0.05, 0.1) is 10.7 Å². The van der Waals surface area contributed by atoms with Gasteiger partial charge in [-0.05, 0) is 37.3 Å². The molecule has 10 heteroatoms. The molecule has 0 saturated carbocycles. The first-order chi connectivity index (χ1) is 13.2. The molecule has 0 aliphatic carbocycles. The zero-order valence-corrected chi connectivity index (χ0v) is 15.6. The molecule has 1 aromatic heterocycles. The van der Waals surface area contributed by atoms with Crippen LogP contribution in [0.15, 0.2) is 30.3 Å². The minimum Gasteiger partial charge on any atom is -0.448 e. The molecule has 3 aromatic rings. The highest BCUT2D eigenvalue weighted by Crippen LogP contribution is 2.36. The predicted octanol–water partition coefficient (Wildman–Crippen LogP) is 5.30. The number of anilines is 1. The number of rotatable bonds is 4. The molecule has 28 heavy (non-hydrogen) atoms. The van der Waals surface area contributed by atoms with E-state index >= 15 is 0 Å². The van der Waals surface area contributed by atoms with Crippen LogP contribution in [0.5, 0.6) is 0 Å². The molecule has 1 atom stereocenters. The van der Waals surface area contributed by atoms with Crippen LogP contribution in [-0.4, -0.2) is 18.0 Å². The Morgan fingerprint density at radius 3 is 2.54 bits per heavy atom. The summed E-state index contributed by atoms with van der Waals surface area (Å²) in [6.07, 6.45) is -1.40. The zero-order chi connectivity index (χ0) is 20.6. The molecule has 146 valence electrons. The van der Waals surface area contributed by atoms with Crippen LogP contribution in [0.4, 0.5) is 23.2 Å². The summed E-state index contributed by atoms with van der Waals surface area (Å²) in [5.41, 5.74) is -0.609. The zero-order valence-electron chi connectivity index (χ0n) is 14.0. The minimum absolute atomic E-state index is 0.0408. The third kappa shape index (κ3) is 3.81. The van der Waals surface area contributed by atoms with Gasteiger partial charge in [-0.2, -0.15) is 0 Å². The van der Waals surface area contributed by atoms with E-state index in [1.165, 1.54) is 25.1 Å². The summed E-state index contributed by atoms with van der Waals surface area (Å²) >= 11 is 6.99. The molecule has 0 saturated heterocycles. The molecule has 0 aliphatic heterocycles. The lowest BCUT2D eigenvalue weighted by Crippen LogP contribution is -2.30. The molecule has 1 N–H and O–H groups in total. The van der Waals surface area contributed by atoms with Crippen molar-refractivity contribution >= 4 is 50.6 Å². The summed E-state index contributed by atoms with van der Waals surface area (Å²) in [7, 11) is 0. The average molecular weight is 432 g/mol. The lowest BCUT2D eigenvalue weighted by Gasteiger charge is -2.13. The van der Waals surface area contributed by atoms with Crippen LogP contribution in [0.3, 0.4) is 0 Å². The number of esters is 1. The first kappa shape index (κ1) is 20.1. The largest absolute Gasteiger partial charge is 0.448 e. The normalized spacial score (nSPS) is 12.1. The van der Waals surface area contributed by atoms with Gasteiger partial charge < -0.3 is 10.1 Å². The number of nitrogens with one attached hydrogen (secondary N) is 1. The molecule has 0 unspecified atom stereocenters. The second-order valence-corrected chi connectivity index (χ2v) is 7.08. The van der Waals surface area contributed by atoms with Crippen LogP contribution >= 0.6 is 22.9 Å². The highest BCUT2D eigenvalue weighted by Gasteiger charge is 2.25. The van der Waals surface area contributed by atoms with Gasteiger partial charge >= 0.3 is 5.97 Å². The fraction of sp³-hybridized carbons (Fsp3) is 0.111. The number of fused-ring (bicyclic) bond motifs is 1. The summed E-state index contributed by atoms with van der Waals surface area (Å²) in [5.74, 6) is -7.16. The van der Waals surface area contributed by atoms with E-state index in [9.17, 15) is 27.2 Å². The maximum atomic E-state index is 13.6. The molecule has 1 amide bonds. The van der Waals surface area contributed by atoms with Gasteiger partial charge in [-0.1, -0.05) is 11.6 Å². The molecule has 0 aliphatic rings. The summed E-state index contributed by atoms with van der Waals surface area (Å²) in [5, 5.41) is 2.50. The van der Waals surface area contributed by atoms with Crippen molar-refractivity contribution in [1.29, 1.82) is 0 Å². The van der Waals surface area contributed by atoms with Gasteiger partial charge in [0.15, 0.2) is 23.6 Å². The summed E-state index contributed by atoms with van der Waals surface area (Å²) < 4.78 is 58.5. The number of thiophene rings is 1. The standard InChI is InChI=1S/C18H10ClF4NO3S/c1-7(17(25)24-11-5-4-10(21)14(22)15(11)23)27-18(26)16-13(19)9-3-2-8(20)6-12(9)28-16/h2-7H,1H3,(H,24,25)/t7-/m1/s1. The number of hydrogen-bond acceptors (Lipinski definition) is 4. The Bertz CT molecular complexity index is 1100. The molecular formula is C18H10ClF4NO3S. The molecule has 4 nitrogen and oxygen atoms in total. The quantitative estimate of drug-likeness (QED) is 0.347. The molecule has 1 heterocycles. The van der Waals surface area contributed by atoms with E-state index in [0.29, 0.717) is 16.2 Å². The van der Waals surface area contributed by atoms with E-state index in [1.54, 1.807) is 0 Å². The average Bonchev–Trinajstić information content (AvgIpc) is 2.98. The van der Waals surface area contributed by atoms with Crippen LogP contribution in [0.1, 0.15) is 16.6 Å². The second-order valence-electron chi connectivity index (χ2n) is 5.65. The van der Waals surface area contributed by atoms with Crippen molar-refractivity contribution in [2.75, 3.05) is 5.32 Å². The predicted molar refractivity (Wildman–Crippen MR) is 96.6 cm³/mol. The number of benzene rings is 2. The molecular weight excluding hydrogens is 422 g/mol. The van der Waals surface area contributed by atoms with Crippen molar-refractivity contribution in [2.24, 2.45) is 0 Å². The van der Waals surface area contributed by atoms with Gasteiger partial charge in [0.25, 0.3) is 5.91 Å². The molecule has 0 radical (unpaired) electrons. The van der Waals surface area contributed by atoms with Crippen LogP contribution in [0.25, 0.3) is 10.1 Å². The number of carbonyl (C=O) groups is 2. The topological polar surface area (TPSA) is 55.4 Å². The number of hydrogen-bond donors (Lipinski definition) is 1. The Morgan fingerprint density at radius 2 is 1.82 bits per heavy atom. The van der Waals surface area contributed by atoms with Gasteiger partial charge in [-0.15, -0.1) is 11.3 Å². The minimum atomic E-state index is -1.74. The maximum Gasteiger partial charge on any atom is 0.350 e. The maximum absolute atomic E-state index is 13.6. The summed E-state index contributed by atoms with van der Waals surface area (Å²) in [6.45, 7) is 1.20. The Labute approximate surface area is 164 Å². The smallest absolute Gasteiger partial charge is 0.350 e. The van der Waals surface area contributed by atoms with Crippen molar-refractivity contribution < 1.29 is 31.9 Å². The van der Waals surface area contributed by atoms with Gasteiger partial charge in [-0.3, -0.25) is 4.79 Å². The third-order valence-corrected chi connectivity index (χ3v) is 5.36. The number of amides is 1. The Balaban J connectivity index is 1.75. The monoisotopic (exact) mass is 431 g/mol. The SMILES string of the molecule is C[C@@H](OC(=O)c1sc2cc(F)ccc2c1Cl)C(=O)Nc1ccc(F)c(F)c1F. The third-order valence-electron chi connectivity index (χ3n) is 3.72. The van der Waals surface area contributed by atoms with Crippen LogP contribution in [-0.2, 0) is 9.53 Å². The van der Waals surface area contributed by atoms with Crippen molar-refractivity contribution in [3.05, 3.63) is 63.5 Å². The molecule has 2 aromatic carbocycles. The lowest BCUT2D eigenvalue weighted by atomic mass is 10.2. The van der Waals surface area contributed by atoms with Gasteiger partial charge in [-0.25, -0.2) is 22.4 Å². The summed E-state index contributed by atoms with van der Waals surface area (Å²) in [6, 6.07) is 5.26. The van der Waals surface area contributed by atoms with Crippen molar-refractivity contribution in [1.82, 2.24) is 0 Å². The molecule has 0 spiro atoms. The van der Waals surface area contributed by atoms with Crippen LogP contribution in [0, 0.1) is 23.3 Å². The van der Waals surface area contributed by atoms with Gasteiger partial charge in [0.2, 0.25) is 0 Å². The first-order valence-electron chi connectivity index (χ1n) is 7.72.